The van der Waals surface area contributed by atoms with Gasteiger partial charge < -0.3 is 25.8 Å². The van der Waals surface area contributed by atoms with Gasteiger partial charge in [-0.05, 0) is 49.7 Å². The molecule has 1 amide bonds. The van der Waals surface area contributed by atoms with E-state index >= 15 is 0 Å². The van der Waals surface area contributed by atoms with E-state index in [1.165, 1.54) is 18.2 Å². The molecule has 4 N–H and O–H groups in total. The van der Waals surface area contributed by atoms with Gasteiger partial charge in [0.1, 0.15) is 11.9 Å². The van der Waals surface area contributed by atoms with Gasteiger partial charge in [-0.15, -0.1) is 0 Å². The largest absolute Gasteiger partial charge is 0.508 e. The molecule has 0 heterocycles. The number of hydrogen-bond acceptors (Lipinski definition) is 4. The van der Waals surface area contributed by atoms with Crippen molar-refractivity contribution >= 4 is 11.9 Å². The van der Waals surface area contributed by atoms with Crippen LogP contribution in [0.25, 0.3) is 0 Å². The van der Waals surface area contributed by atoms with Crippen LogP contribution in [0.15, 0.2) is 53.5 Å². The number of ether oxygens (including phenoxy) is 1. The van der Waals surface area contributed by atoms with Crippen molar-refractivity contribution in [1.29, 1.82) is 0 Å². The quantitative estimate of drug-likeness (QED) is 0.271. The van der Waals surface area contributed by atoms with Crippen molar-refractivity contribution in [2.45, 2.75) is 26.4 Å². The van der Waals surface area contributed by atoms with E-state index in [1.54, 1.807) is 30.3 Å². The molecule has 0 saturated heterocycles. The number of phenolic OH excluding ortho intramolecular Hbond substituents is 1. The number of carbonyl (C=O) groups excluding carboxylic acids is 1. The van der Waals surface area contributed by atoms with E-state index in [0.29, 0.717) is 44.1 Å². The van der Waals surface area contributed by atoms with Crippen molar-refractivity contribution < 1.29 is 19.0 Å². The van der Waals surface area contributed by atoms with Gasteiger partial charge in [-0.3, -0.25) is 4.79 Å². The summed E-state index contributed by atoms with van der Waals surface area (Å²) in [7, 11) is 0. The Balaban J connectivity index is 1.82. The average Bonchev–Trinajstić information content (AvgIpc) is 2.75. The SMILES string of the molecule is CCNC(=NCC(CC)Oc1ccccc1F)NCCNC(=O)c1ccc(O)cc1. The Bertz CT molecular complexity index is 827. The Labute approximate surface area is 176 Å². The molecule has 30 heavy (non-hydrogen) atoms. The number of nitrogens with zero attached hydrogens (tertiary/aromatic N) is 1. The first-order chi connectivity index (χ1) is 14.5. The van der Waals surface area contributed by atoms with E-state index in [0.717, 1.165) is 0 Å². The molecule has 1 unspecified atom stereocenters. The van der Waals surface area contributed by atoms with Gasteiger partial charge in [0.15, 0.2) is 17.5 Å². The molecule has 0 spiro atoms. The molecule has 8 heteroatoms. The fraction of sp³-hybridized carbons (Fsp3) is 0.364. The summed E-state index contributed by atoms with van der Waals surface area (Å²) in [6, 6.07) is 12.4. The number of hydrogen-bond donors (Lipinski definition) is 4. The van der Waals surface area contributed by atoms with Crippen LogP contribution in [0.5, 0.6) is 11.5 Å². The van der Waals surface area contributed by atoms with Gasteiger partial charge in [-0.25, -0.2) is 9.38 Å². The molecule has 2 aromatic rings. The van der Waals surface area contributed by atoms with Crippen molar-refractivity contribution in [3.63, 3.8) is 0 Å². The predicted molar refractivity (Wildman–Crippen MR) is 116 cm³/mol. The van der Waals surface area contributed by atoms with E-state index in [9.17, 15) is 14.3 Å². The van der Waals surface area contributed by atoms with Crippen LogP contribution in [0, 0.1) is 5.82 Å². The summed E-state index contributed by atoms with van der Waals surface area (Å²) < 4.78 is 19.5. The first-order valence-corrected chi connectivity index (χ1v) is 10.0. The molecule has 0 fully saturated rings. The molecular weight excluding hydrogens is 387 g/mol. The first kappa shape index (κ1) is 23.0. The molecule has 0 saturated carbocycles. The van der Waals surface area contributed by atoms with Gasteiger partial charge in [0.2, 0.25) is 0 Å². The number of amides is 1. The lowest BCUT2D eigenvalue weighted by atomic mass is 10.2. The zero-order valence-electron chi connectivity index (χ0n) is 17.3. The Kier molecular flexibility index (Phi) is 9.44. The summed E-state index contributed by atoms with van der Waals surface area (Å²) in [5.74, 6) is 0.308. The van der Waals surface area contributed by atoms with Crippen molar-refractivity contribution in [2.75, 3.05) is 26.2 Å². The molecule has 162 valence electrons. The van der Waals surface area contributed by atoms with Gasteiger partial charge in [0.25, 0.3) is 5.91 Å². The van der Waals surface area contributed by atoms with Gasteiger partial charge >= 0.3 is 0 Å². The summed E-state index contributed by atoms with van der Waals surface area (Å²) in [6.07, 6.45) is 0.423. The maximum absolute atomic E-state index is 13.8. The second kappa shape index (κ2) is 12.3. The summed E-state index contributed by atoms with van der Waals surface area (Å²) in [4.78, 5) is 16.6. The van der Waals surface area contributed by atoms with Gasteiger partial charge in [0, 0.05) is 25.2 Å². The number of guanidine groups is 1. The van der Waals surface area contributed by atoms with Crippen molar-refractivity contribution in [1.82, 2.24) is 16.0 Å². The fourth-order valence-corrected chi connectivity index (χ4v) is 2.58. The van der Waals surface area contributed by atoms with Gasteiger partial charge in [-0.1, -0.05) is 19.1 Å². The monoisotopic (exact) mass is 416 g/mol. The number of phenols is 1. The molecule has 2 rings (SSSR count). The van der Waals surface area contributed by atoms with Crippen molar-refractivity contribution in [3.8, 4) is 11.5 Å². The fourth-order valence-electron chi connectivity index (χ4n) is 2.58. The minimum Gasteiger partial charge on any atom is -0.508 e. The van der Waals surface area contributed by atoms with Crippen LogP contribution in [0.4, 0.5) is 4.39 Å². The van der Waals surface area contributed by atoms with E-state index in [2.05, 4.69) is 20.9 Å². The third-order valence-electron chi connectivity index (χ3n) is 4.22. The molecular formula is C22H29FN4O3. The van der Waals surface area contributed by atoms with Crippen LogP contribution in [0.2, 0.25) is 0 Å². The van der Waals surface area contributed by atoms with Crippen LogP contribution >= 0.6 is 0 Å². The van der Waals surface area contributed by atoms with Gasteiger partial charge in [0.05, 0.1) is 6.54 Å². The third-order valence-corrected chi connectivity index (χ3v) is 4.22. The molecule has 1 atom stereocenters. The second-order valence-corrected chi connectivity index (χ2v) is 6.53. The highest BCUT2D eigenvalue weighted by Gasteiger charge is 2.11. The van der Waals surface area contributed by atoms with E-state index in [-0.39, 0.29) is 23.5 Å². The predicted octanol–water partition coefficient (Wildman–Crippen LogP) is 2.67. The number of para-hydroxylation sites is 1. The lowest BCUT2D eigenvalue weighted by molar-refractivity contribution is 0.0954. The van der Waals surface area contributed by atoms with E-state index in [4.69, 9.17) is 4.74 Å². The summed E-state index contributed by atoms with van der Waals surface area (Å²) in [5, 5.41) is 18.4. The number of nitrogens with one attached hydrogen (secondary N) is 3. The van der Waals surface area contributed by atoms with E-state index in [1.807, 2.05) is 13.8 Å². The zero-order chi connectivity index (χ0) is 21.8. The summed E-state index contributed by atoms with van der Waals surface area (Å²) in [5.41, 5.74) is 0.476. The molecule has 0 aliphatic carbocycles. The van der Waals surface area contributed by atoms with Crippen LogP contribution < -0.4 is 20.7 Å². The van der Waals surface area contributed by atoms with Crippen LogP contribution in [0.3, 0.4) is 0 Å². The lowest BCUT2D eigenvalue weighted by Gasteiger charge is -2.17. The maximum Gasteiger partial charge on any atom is 0.251 e. The molecule has 7 nitrogen and oxygen atoms in total. The second-order valence-electron chi connectivity index (χ2n) is 6.53. The van der Waals surface area contributed by atoms with E-state index < -0.39 is 5.82 Å². The number of halogens is 1. The Hall–Kier alpha value is -3.29. The topological polar surface area (TPSA) is 95.0 Å². The number of rotatable bonds is 10. The molecule has 0 aliphatic heterocycles. The molecule has 0 bridgehead atoms. The van der Waals surface area contributed by atoms with Gasteiger partial charge in [-0.2, -0.15) is 0 Å². The van der Waals surface area contributed by atoms with Crippen LogP contribution in [-0.4, -0.2) is 49.3 Å². The molecule has 0 aromatic heterocycles. The average molecular weight is 416 g/mol. The zero-order valence-corrected chi connectivity index (χ0v) is 17.3. The van der Waals surface area contributed by atoms with Crippen LogP contribution in [0.1, 0.15) is 30.6 Å². The normalized spacial score (nSPS) is 12.2. The smallest absolute Gasteiger partial charge is 0.251 e. The summed E-state index contributed by atoms with van der Waals surface area (Å²) >= 11 is 0. The Morgan fingerprint density at radius 3 is 2.43 bits per heavy atom. The highest BCUT2D eigenvalue weighted by molar-refractivity contribution is 5.94. The summed E-state index contributed by atoms with van der Waals surface area (Å²) in [6.45, 7) is 5.82. The molecule has 0 aliphatic rings. The third kappa shape index (κ3) is 7.62. The van der Waals surface area contributed by atoms with Crippen LogP contribution in [-0.2, 0) is 0 Å². The highest BCUT2D eigenvalue weighted by Crippen LogP contribution is 2.18. The highest BCUT2D eigenvalue weighted by atomic mass is 19.1. The molecule has 2 aromatic carbocycles. The Morgan fingerprint density at radius 2 is 1.77 bits per heavy atom. The molecule has 0 radical (unpaired) electrons. The maximum atomic E-state index is 13.8. The minimum atomic E-state index is -0.394. The van der Waals surface area contributed by atoms with Crippen molar-refractivity contribution in [3.05, 3.63) is 59.9 Å². The standard InChI is InChI=1S/C22H29FN4O3/c1-3-18(30-20-8-6-5-7-19(20)23)15-27-22(24-4-2)26-14-13-25-21(29)16-9-11-17(28)12-10-16/h5-12,18,28H,3-4,13-15H2,1-2H3,(H,25,29)(H2,24,26,27). The lowest BCUT2D eigenvalue weighted by Crippen LogP contribution is -2.42. The minimum absolute atomic E-state index is 0.115. The van der Waals surface area contributed by atoms with Crippen molar-refractivity contribution in [2.24, 2.45) is 4.99 Å². The first-order valence-electron chi connectivity index (χ1n) is 10.0. The number of benzene rings is 2. The number of carbonyl (C=O) groups is 1. The Morgan fingerprint density at radius 1 is 1.07 bits per heavy atom. The number of aromatic hydroxyl groups is 1. The number of aliphatic imine (C=N–C) groups is 1.